The molecule has 0 radical (unpaired) electrons. The number of halogens is 2. The first-order valence-corrected chi connectivity index (χ1v) is 6.46. The van der Waals surface area contributed by atoms with Crippen molar-refractivity contribution in [1.29, 1.82) is 0 Å². The summed E-state index contributed by atoms with van der Waals surface area (Å²) in [6.45, 7) is 1.89. The maximum Gasteiger partial charge on any atom is 0.197 e. The molecule has 2 rings (SSSR count). The monoisotopic (exact) mass is 322 g/mol. The van der Waals surface area contributed by atoms with Gasteiger partial charge >= 0.3 is 0 Å². The van der Waals surface area contributed by atoms with Crippen molar-refractivity contribution in [2.45, 2.75) is 6.92 Å². The van der Waals surface area contributed by atoms with Gasteiger partial charge in [0.15, 0.2) is 5.78 Å². The van der Waals surface area contributed by atoms with E-state index in [-0.39, 0.29) is 11.3 Å². The molecule has 19 heavy (non-hydrogen) atoms. The van der Waals surface area contributed by atoms with E-state index in [1.165, 1.54) is 25.3 Å². The summed E-state index contributed by atoms with van der Waals surface area (Å²) in [5, 5.41) is 0. The predicted molar refractivity (Wildman–Crippen MR) is 75.3 cm³/mol. The minimum atomic E-state index is -0.446. The number of carbonyl (C=O) groups is 1. The second-order valence-electron chi connectivity index (χ2n) is 4.16. The summed E-state index contributed by atoms with van der Waals surface area (Å²) in [5.74, 6) is -0.239. The average molecular weight is 323 g/mol. The summed E-state index contributed by atoms with van der Waals surface area (Å²) in [7, 11) is 1.50. The van der Waals surface area contributed by atoms with E-state index in [1.54, 1.807) is 12.1 Å². The van der Waals surface area contributed by atoms with Crippen LogP contribution < -0.4 is 4.74 Å². The highest BCUT2D eigenvalue weighted by atomic mass is 79.9. The maximum atomic E-state index is 13.3. The molecule has 2 aromatic rings. The summed E-state index contributed by atoms with van der Waals surface area (Å²) in [5.41, 5.74) is 1.65. The summed E-state index contributed by atoms with van der Waals surface area (Å²) in [6.07, 6.45) is 0. The van der Waals surface area contributed by atoms with Crippen molar-refractivity contribution in [3.63, 3.8) is 0 Å². The number of ketones is 1. The van der Waals surface area contributed by atoms with Gasteiger partial charge in [-0.2, -0.15) is 0 Å². The van der Waals surface area contributed by atoms with Crippen LogP contribution in [0.1, 0.15) is 21.5 Å². The van der Waals surface area contributed by atoms with Crippen LogP contribution in [0.15, 0.2) is 40.9 Å². The molecular formula is C15H12BrFO2. The van der Waals surface area contributed by atoms with Gasteiger partial charge in [0.2, 0.25) is 0 Å². The van der Waals surface area contributed by atoms with Crippen LogP contribution in [0.5, 0.6) is 5.75 Å². The predicted octanol–water partition coefficient (Wildman–Crippen LogP) is 4.14. The molecule has 2 aromatic carbocycles. The van der Waals surface area contributed by atoms with Gasteiger partial charge in [0.05, 0.1) is 12.7 Å². The van der Waals surface area contributed by atoms with Gasteiger partial charge in [-0.25, -0.2) is 4.39 Å². The summed E-state index contributed by atoms with van der Waals surface area (Å²) >= 11 is 3.27. The zero-order valence-corrected chi connectivity index (χ0v) is 12.1. The molecule has 0 amide bonds. The van der Waals surface area contributed by atoms with Gasteiger partial charge in [-0.3, -0.25) is 4.79 Å². The fourth-order valence-electron chi connectivity index (χ4n) is 1.82. The second-order valence-corrected chi connectivity index (χ2v) is 5.01. The minimum absolute atomic E-state index is 0.271. The smallest absolute Gasteiger partial charge is 0.197 e. The standard InChI is InChI=1S/C15H12BrFO2/c1-9-3-6-14(19-2)12(7-9)15(18)11-8-10(17)4-5-13(11)16/h3-8H,1-2H3. The lowest BCUT2D eigenvalue weighted by Gasteiger charge is -2.10. The van der Waals surface area contributed by atoms with Gasteiger partial charge in [0.1, 0.15) is 11.6 Å². The van der Waals surface area contributed by atoms with E-state index in [4.69, 9.17) is 4.74 Å². The number of benzene rings is 2. The zero-order valence-electron chi connectivity index (χ0n) is 10.5. The van der Waals surface area contributed by atoms with Crippen LogP contribution in [0, 0.1) is 12.7 Å². The van der Waals surface area contributed by atoms with Crippen LogP contribution in [-0.4, -0.2) is 12.9 Å². The first-order valence-electron chi connectivity index (χ1n) is 5.67. The fourth-order valence-corrected chi connectivity index (χ4v) is 2.24. The Morgan fingerprint density at radius 2 is 1.89 bits per heavy atom. The van der Waals surface area contributed by atoms with E-state index in [0.29, 0.717) is 15.8 Å². The molecular weight excluding hydrogens is 311 g/mol. The normalized spacial score (nSPS) is 10.3. The minimum Gasteiger partial charge on any atom is -0.496 e. The largest absolute Gasteiger partial charge is 0.496 e. The molecule has 98 valence electrons. The van der Waals surface area contributed by atoms with Gasteiger partial charge in [-0.05, 0) is 37.3 Å². The number of aryl methyl sites for hydroxylation is 1. The molecule has 0 saturated carbocycles. The lowest BCUT2D eigenvalue weighted by atomic mass is 10.0. The lowest BCUT2D eigenvalue weighted by Crippen LogP contribution is -2.06. The molecule has 0 aliphatic rings. The highest BCUT2D eigenvalue weighted by molar-refractivity contribution is 9.10. The van der Waals surface area contributed by atoms with Gasteiger partial charge in [0.25, 0.3) is 0 Å². The number of rotatable bonds is 3. The number of hydrogen-bond donors (Lipinski definition) is 0. The Hall–Kier alpha value is -1.68. The molecule has 0 atom stereocenters. The lowest BCUT2D eigenvalue weighted by molar-refractivity contribution is 0.103. The molecule has 0 bridgehead atoms. The Balaban J connectivity index is 2.55. The third kappa shape index (κ3) is 2.84. The third-order valence-corrected chi connectivity index (χ3v) is 3.46. The molecule has 0 saturated heterocycles. The number of ether oxygens (including phenoxy) is 1. The Bertz CT molecular complexity index is 638. The van der Waals surface area contributed by atoms with Crippen LogP contribution in [0.2, 0.25) is 0 Å². The summed E-state index contributed by atoms with van der Waals surface area (Å²) < 4.78 is 19.0. The molecule has 0 heterocycles. The molecule has 0 aliphatic carbocycles. The topological polar surface area (TPSA) is 26.3 Å². The van der Waals surface area contributed by atoms with Gasteiger partial charge in [-0.1, -0.05) is 27.6 Å². The first kappa shape index (κ1) is 13.7. The zero-order chi connectivity index (χ0) is 14.0. The molecule has 0 fully saturated rings. The number of methoxy groups -OCH3 is 1. The molecule has 0 aromatic heterocycles. The molecule has 4 heteroatoms. The van der Waals surface area contributed by atoms with Gasteiger partial charge < -0.3 is 4.74 Å². The molecule has 0 spiro atoms. The first-order chi connectivity index (χ1) is 9.02. The van der Waals surface area contributed by atoms with Crippen LogP contribution in [0.4, 0.5) is 4.39 Å². The van der Waals surface area contributed by atoms with Crippen LogP contribution >= 0.6 is 15.9 Å². The Morgan fingerprint density at radius 3 is 2.58 bits per heavy atom. The number of carbonyl (C=O) groups excluding carboxylic acids is 1. The van der Waals surface area contributed by atoms with Crippen molar-refractivity contribution in [3.05, 3.63) is 63.4 Å². The third-order valence-electron chi connectivity index (χ3n) is 2.77. The van der Waals surface area contributed by atoms with E-state index in [0.717, 1.165) is 5.56 Å². The van der Waals surface area contributed by atoms with Gasteiger partial charge in [0, 0.05) is 10.0 Å². The van der Waals surface area contributed by atoms with E-state index in [2.05, 4.69) is 15.9 Å². The quantitative estimate of drug-likeness (QED) is 0.794. The average Bonchev–Trinajstić information content (AvgIpc) is 2.40. The highest BCUT2D eigenvalue weighted by Gasteiger charge is 2.17. The van der Waals surface area contributed by atoms with Crippen LogP contribution in [0.25, 0.3) is 0 Å². The summed E-state index contributed by atoms with van der Waals surface area (Å²) in [4.78, 5) is 12.5. The SMILES string of the molecule is COc1ccc(C)cc1C(=O)c1cc(F)ccc1Br. The van der Waals surface area contributed by atoms with Crippen molar-refractivity contribution in [2.24, 2.45) is 0 Å². The van der Waals surface area contributed by atoms with Gasteiger partial charge in [-0.15, -0.1) is 0 Å². The van der Waals surface area contributed by atoms with E-state index < -0.39 is 5.82 Å². The fraction of sp³-hybridized carbons (Fsp3) is 0.133. The molecule has 0 aliphatic heterocycles. The van der Waals surface area contributed by atoms with Crippen molar-refractivity contribution < 1.29 is 13.9 Å². The Morgan fingerprint density at radius 1 is 1.16 bits per heavy atom. The van der Waals surface area contributed by atoms with Crippen molar-refractivity contribution >= 4 is 21.7 Å². The molecule has 2 nitrogen and oxygen atoms in total. The molecule has 0 unspecified atom stereocenters. The Labute approximate surface area is 119 Å². The van der Waals surface area contributed by atoms with Crippen molar-refractivity contribution in [2.75, 3.05) is 7.11 Å². The van der Waals surface area contributed by atoms with E-state index in [9.17, 15) is 9.18 Å². The number of hydrogen-bond acceptors (Lipinski definition) is 2. The molecule has 0 N–H and O–H groups in total. The van der Waals surface area contributed by atoms with Crippen molar-refractivity contribution in [3.8, 4) is 5.75 Å². The van der Waals surface area contributed by atoms with E-state index >= 15 is 0 Å². The van der Waals surface area contributed by atoms with E-state index in [1.807, 2.05) is 13.0 Å². The van der Waals surface area contributed by atoms with Crippen LogP contribution in [0.3, 0.4) is 0 Å². The Kier molecular flexibility index (Phi) is 4.00. The highest BCUT2D eigenvalue weighted by Crippen LogP contribution is 2.26. The maximum absolute atomic E-state index is 13.3. The second kappa shape index (κ2) is 5.53. The van der Waals surface area contributed by atoms with Crippen molar-refractivity contribution in [1.82, 2.24) is 0 Å². The van der Waals surface area contributed by atoms with Crippen LogP contribution in [-0.2, 0) is 0 Å². The summed E-state index contributed by atoms with van der Waals surface area (Å²) in [6, 6.07) is 9.36.